The zero-order valence-corrected chi connectivity index (χ0v) is 10.9. The van der Waals surface area contributed by atoms with Crippen LogP contribution in [-0.4, -0.2) is 37.6 Å². The first-order valence-corrected chi connectivity index (χ1v) is 6.18. The predicted molar refractivity (Wildman–Crippen MR) is 71.2 cm³/mol. The summed E-state index contributed by atoms with van der Waals surface area (Å²) in [5, 5.41) is 6.02. The molecule has 0 aromatic heterocycles. The Kier molecular flexibility index (Phi) is 4.36. The molecular weight excluding hydrogens is 270 g/mol. The van der Waals surface area contributed by atoms with Crippen molar-refractivity contribution in [2.45, 2.75) is 6.10 Å². The van der Waals surface area contributed by atoms with Crippen LogP contribution in [0.1, 0.15) is 10.4 Å². The van der Waals surface area contributed by atoms with E-state index in [0.717, 1.165) is 6.54 Å². The number of rotatable bonds is 3. The summed E-state index contributed by atoms with van der Waals surface area (Å²) in [7, 11) is 0. The lowest BCUT2D eigenvalue weighted by Crippen LogP contribution is -2.45. The minimum atomic E-state index is -0.581. The van der Waals surface area contributed by atoms with Crippen LogP contribution in [0.3, 0.4) is 0 Å². The maximum Gasteiger partial charge on any atom is 0.254 e. The van der Waals surface area contributed by atoms with Crippen LogP contribution in [0.4, 0.5) is 5.69 Å². The lowest BCUT2D eigenvalue weighted by atomic mass is 10.2. The van der Waals surface area contributed by atoms with Crippen molar-refractivity contribution in [2.24, 2.45) is 5.73 Å². The van der Waals surface area contributed by atoms with E-state index < -0.39 is 12.0 Å². The molecule has 1 aliphatic heterocycles. The summed E-state index contributed by atoms with van der Waals surface area (Å²) in [5.74, 6) is -0.890. The van der Waals surface area contributed by atoms with Gasteiger partial charge in [0.15, 0.2) is 0 Å². The SMILES string of the molecule is NC(=O)c1ccc(Cl)c(NC(=O)C2CNCCO2)c1. The molecule has 0 bridgehead atoms. The summed E-state index contributed by atoms with van der Waals surface area (Å²) in [4.78, 5) is 23.0. The van der Waals surface area contributed by atoms with Crippen molar-refractivity contribution in [3.63, 3.8) is 0 Å². The first-order chi connectivity index (χ1) is 9.08. The van der Waals surface area contributed by atoms with Gasteiger partial charge in [-0.05, 0) is 18.2 Å². The molecule has 2 rings (SSSR count). The highest BCUT2D eigenvalue weighted by molar-refractivity contribution is 6.34. The average molecular weight is 284 g/mol. The van der Waals surface area contributed by atoms with Crippen molar-refractivity contribution in [3.8, 4) is 0 Å². The van der Waals surface area contributed by atoms with E-state index in [-0.39, 0.29) is 11.5 Å². The van der Waals surface area contributed by atoms with E-state index >= 15 is 0 Å². The normalized spacial score (nSPS) is 18.9. The molecule has 7 heteroatoms. The second kappa shape index (κ2) is 6.01. The number of hydrogen-bond acceptors (Lipinski definition) is 4. The Bertz CT molecular complexity index is 501. The third-order valence-electron chi connectivity index (χ3n) is 2.73. The molecule has 1 aliphatic rings. The van der Waals surface area contributed by atoms with E-state index in [2.05, 4.69) is 10.6 Å². The van der Waals surface area contributed by atoms with Crippen LogP contribution in [0.15, 0.2) is 18.2 Å². The Balaban J connectivity index is 2.11. The van der Waals surface area contributed by atoms with E-state index in [1.165, 1.54) is 18.2 Å². The quantitative estimate of drug-likeness (QED) is 0.747. The van der Waals surface area contributed by atoms with Crippen LogP contribution in [0, 0.1) is 0 Å². The van der Waals surface area contributed by atoms with Crippen LogP contribution >= 0.6 is 11.6 Å². The number of halogens is 1. The molecule has 1 heterocycles. The van der Waals surface area contributed by atoms with Crippen molar-refractivity contribution in [3.05, 3.63) is 28.8 Å². The molecule has 2 amide bonds. The smallest absolute Gasteiger partial charge is 0.254 e. The minimum absolute atomic E-state index is 0.280. The molecule has 19 heavy (non-hydrogen) atoms. The monoisotopic (exact) mass is 283 g/mol. The molecule has 1 fully saturated rings. The van der Waals surface area contributed by atoms with Crippen LogP contribution in [0.5, 0.6) is 0 Å². The number of carbonyl (C=O) groups is 2. The molecule has 1 saturated heterocycles. The van der Waals surface area contributed by atoms with Gasteiger partial charge in [0, 0.05) is 18.7 Å². The number of amides is 2. The number of primary amides is 1. The van der Waals surface area contributed by atoms with Crippen LogP contribution in [-0.2, 0) is 9.53 Å². The average Bonchev–Trinajstić information content (AvgIpc) is 2.42. The summed E-state index contributed by atoms with van der Waals surface area (Å²) in [5.41, 5.74) is 5.80. The van der Waals surface area contributed by atoms with Crippen molar-refractivity contribution in [2.75, 3.05) is 25.0 Å². The van der Waals surface area contributed by atoms with Gasteiger partial charge in [0.05, 0.1) is 17.3 Å². The number of ether oxygens (including phenoxy) is 1. The van der Waals surface area contributed by atoms with Gasteiger partial charge in [-0.3, -0.25) is 9.59 Å². The van der Waals surface area contributed by atoms with Crippen LogP contribution < -0.4 is 16.4 Å². The third-order valence-corrected chi connectivity index (χ3v) is 3.06. The number of anilines is 1. The summed E-state index contributed by atoms with van der Waals surface area (Å²) in [6, 6.07) is 4.45. The van der Waals surface area contributed by atoms with Crippen LogP contribution in [0.2, 0.25) is 5.02 Å². The molecule has 1 aromatic carbocycles. The number of nitrogens with two attached hydrogens (primary N) is 1. The number of benzene rings is 1. The summed E-state index contributed by atoms with van der Waals surface area (Å²) in [6.07, 6.45) is -0.568. The molecule has 0 radical (unpaired) electrons. The fraction of sp³-hybridized carbons (Fsp3) is 0.333. The predicted octanol–water partition coefficient (Wildman–Crippen LogP) is 0.366. The zero-order valence-electron chi connectivity index (χ0n) is 10.1. The molecule has 0 spiro atoms. The molecule has 0 aliphatic carbocycles. The standard InChI is InChI=1S/C12H14ClN3O3/c13-8-2-1-7(11(14)17)5-9(8)16-12(18)10-6-15-3-4-19-10/h1-2,5,10,15H,3-4,6H2,(H2,14,17)(H,16,18). The lowest BCUT2D eigenvalue weighted by Gasteiger charge is -2.23. The molecular formula is C12H14ClN3O3. The van der Waals surface area contributed by atoms with Gasteiger partial charge in [-0.1, -0.05) is 11.6 Å². The van der Waals surface area contributed by atoms with E-state index in [0.29, 0.717) is 23.9 Å². The first-order valence-electron chi connectivity index (χ1n) is 5.80. The van der Waals surface area contributed by atoms with E-state index in [1.807, 2.05) is 0 Å². The first kappa shape index (κ1) is 13.8. The number of morpholine rings is 1. The highest BCUT2D eigenvalue weighted by Crippen LogP contribution is 2.23. The molecule has 6 nitrogen and oxygen atoms in total. The molecule has 1 aromatic rings. The van der Waals surface area contributed by atoms with Crippen molar-refractivity contribution >= 4 is 29.1 Å². The van der Waals surface area contributed by atoms with E-state index in [4.69, 9.17) is 22.1 Å². The van der Waals surface area contributed by atoms with Gasteiger partial charge in [-0.25, -0.2) is 0 Å². The zero-order chi connectivity index (χ0) is 13.8. The Hall–Kier alpha value is -1.63. The molecule has 4 N–H and O–H groups in total. The molecule has 0 saturated carbocycles. The third kappa shape index (κ3) is 3.44. The van der Waals surface area contributed by atoms with Crippen molar-refractivity contribution < 1.29 is 14.3 Å². The number of hydrogen-bond donors (Lipinski definition) is 3. The summed E-state index contributed by atoms with van der Waals surface area (Å²) in [6.45, 7) is 1.65. The molecule has 102 valence electrons. The van der Waals surface area contributed by atoms with Gasteiger partial charge < -0.3 is 21.1 Å². The fourth-order valence-corrected chi connectivity index (χ4v) is 1.89. The van der Waals surface area contributed by atoms with Gasteiger partial charge in [-0.2, -0.15) is 0 Å². The number of carbonyl (C=O) groups excluding carboxylic acids is 2. The Labute approximate surface area is 115 Å². The van der Waals surface area contributed by atoms with Crippen LogP contribution in [0.25, 0.3) is 0 Å². The Morgan fingerprint density at radius 1 is 1.47 bits per heavy atom. The second-order valence-electron chi connectivity index (χ2n) is 4.11. The fourth-order valence-electron chi connectivity index (χ4n) is 1.72. The second-order valence-corrected chi connectivity index (χ2v) is 4.52. The minimum Gasteiger partial charge on any atom is -0.366 e. The highest BCUT2D eigenvalue weighted by Gasteiger charge is 2.22. The Morgan fingerprint density at radius 3 is 2.89 bits per heavy atom. The van der Waals surface area contributed by atoms with E-state index in [1.54, 1.807) is 0 Å². The largest absolute Gasteiger partial charge is 0.366 e. The van der Waals surface area contributed by atoms with Gasteiger partial charge in [-0.15, -0.1) is 0 Å². The van der Waals surface area contributed by atoms with Crippen molar-refractivity contribution in [1.82, 2.24) is 5.32 Å². The Morgan fingerprint density at radius 2 is 2.26 bits per heavy atom. The van der Waals surface area contributed by atoms with Gasteiger partial charge >= 0.3 is 0 Å². The van der Waals surface area contributed by atoms with E-state index in [9.17, 15) is 9.59 Å². The van der Waals surface area contributed by atoms with Gasteiger partial charge in [0.1, 0.15) is 6.10 Å². The summed E-state index contributed by atoms with van der Waals surface area (Å²) >= 11 is 5.96. The maximum absolute atomic E-state index is 11.9. The highest BCUT2D eigenvalue weighted by atomic mass is 35.5. The molecule has 1 atom stereocenters. The van der Waals surface area contributed by atoms with Gasteiger partial charge in [0.25, 0.3) is 5.91 Å². The topological polar surface area (TPSA) is 93.5 Å². The molecule has 1 unspecified atom stereocenters. The maximum atomic E-state index is 11.9. The van der Waals surface area contributed by atoms with Crippen molar-refractivity contribution in [1.29, 1.82) is 0 Å². The van der Waals surface area contributed by atoms with Gasteiger partial charge in [0.2, 0.25) is 5.91 Å². The number of nitrogens with one attached hydrogen (secondary N) is 2. The lowest BCUT2D eigenvalue weighted by molar-refractivity contribution is -0.128. The summed E-state index contributed by atoms with van der Waals surface area (Å²) < 4.78 is 5.32.